The van der Waals surface area contributed by atoms with E-state index in [2.05, 4.69) is 6.07 Å². The molecule has 1 aliphatic rings. The molecule has 1 heterocycles. The highest BCUT2D eigenvalue weighted by atomic mass is 16.5. The monoisotopic (exact) mass is 348 g/mol. The Morgan fingerprint density at radius 3 is 2.04 bits per heavy atom. The molecular weight excluding hydrogens is 324 g/mol. The van der Waals surface area contributed by atoms with E-state index in [1.54, 1.807) is 0 Å². The number of hydrogen-bond donors (Lipinski definition) is 0. The molecule has 0 radical (unpaired) electrons. The average Bonchev–Trinajstić information content (AvgIpc) is 2.97. The second-order valence-electron chi connectivity index (χ2n) is 6.71. The van der Waals surface area contributed by atoms with Gasteiger partial charge in [0.05, 0.1) is 11.6 Å². The lowest BCUT2D eigenvalue weighted by Crippen LogP contribution is -2.40. The molecule has 0 saturated carbocycles. The number of benzene rings is 2. The molecule has 4 nitrogen and oxygen atoms in total. The first-order valence-electron chi connectivity index (χ1n) is 9.23. The molecule has 26 heavy (non-hydrogen) atoms. The van der Waals surface area contributed by atoms with Crippen molar-refractivity contribution in [1.29, 1.82) is 5.26 Å². The van der Waals surface area contributed by atoms with Gasteiger partial charge in [0.15, 0.2) is 6.10 Å². The quantitative estimate of drug-likeness (QED) is 0.823. The third-order valence-corrected chi connectivity index (χ3v) is 4.78. The van der Waals surface area contributed by atoms with Gasteiger partial charge in [0, 0.05) is 13.1 Å². The number of carbonyl (C=O) groups is 1. The molecule has 2 aromatic rings. The molecule has 3 rings (SSSR count). The summed E-state index contributed by atoms with van der Waals surface area (Å²) in [6, 6.07) is 17.3. The van der Waals surface area contributed by atoms with E-state index in [0.717, 1.165) is 37.1 Å². The summed E-state index contributed by atoms with van der Waals surface area (Å²) in [5.74, 6) is 0.765. The van der Waals surface area contributed by atoms with Gasteiger partial charge >= 0.3 is 0 Å². The third kappa shape index (κ3) is 4.43. The number of rotatable bonds is 4. The molecule has 1 atom stereocenters. The van der Waals surface area contributed by atoms with Gasteiger partial charge in [-0.2, -0.15) is 5.26 Å². The predicted octanol–water partition coefficient (Wildman–Crippen LogP) is 4.40. The van der Waals surface area contributed by atoms with Crippen LogP contribution in [0.15, 0.2) is 48.5 Å². The molecule has 1 aliphatic heterocycles. The first kappa shape index (κ1) is 18.0. The van der Waals surface area contributed by atoms with Crippen LogP contribution >= 0.6 is 0 Å². The van der Waals surface area contributed by atoms with Crippen LogP contribution in [0.4, 0.5) is 0 Å². The molecule has 1 fully saturated rings. The number of amides is 1. The van der Waals surface area contributed by atoms with Crippen molar-refractivity contribution in [3.63, 3.8) is 0 Å². The van der Waals surface area contributed by atoms with E-state index in [9.17, 15) is 4.79 Å². The first-order valence-corrected chi connectivity index (χ1v) is 9.23. The fourth-order valence-electron chi connectivity index (χ4n) is 3.27. The maximum absolute atomic E-state index is 12.6. The molecule has 134 valence electrons. The summed E-state index contributed by atoms with van der Waals surface area (Å²) in [6.07, 6.45) is 4.09. The molecule has 4 heteroatoms. The second kappa shape index (κ2) is 8.53. The van der Waals surface area contributed by atoms with Crippen LogP contribution in [-0.4, -0.2) is 30.0 Å². The zero-order valence-electron chi connectivity index (χ0n) is 15.1. The lowest BCUT2D eigenvalue weighted by molar-refractivity contribution is -0.137. The molecule has 0 aliphatic carbocycles. The van der Waals surface area contributed by atoms with E-state index >= 15 is 0 Å². The van der Waals surface area contributed by atoms with Crippen LogP contribution in [0, 0.1) is 11.3 Å². The Balaban J connectivity index is 1.62. The standard InChI is InChI=1S/C22H24N2O2/c1-17(22(25)24-14-4-2-3-5-15-24)26-21-12-10-20(11-13-21)19-8-6-18(16-23)7-9-19/h6-13,17H,2-5,14-15H2,1H3/t17-/m0/s1. The maximum Gasteiger partial charge on any atom is 0.263 e. The van der Waals surface area contributed by atoms with E-state index in [-0.39, 0.29) is 5.91 Å². The highest BCUT2D eigenvalue weighted by Crippen LogP contribution is 2.23. The Morgan fingerprint density at radius 1 is 0.962 bits per heavy atom. The van der Waals surface area contributed by atoms with Crippen LogP contribution in [0.2, 0.25) is 0 Å². The van der Waals surface area contributed by atoms with Gasteiger partial charge in [-0.05, 0) is 55.2 Å². The van der Waals surface area contributed by atoms with E-state index in [4.69, 9.17) is 10.00 Å². The lowest BCUT2D eigenvalue weighted by atomic mass is 10.0. The van der Waals surface area contributed by atoms with Crippen molar-refractivity contribution >= 4 is 5.91 Å². The summed E-state index contributed by atoms with van der Waals surface area (Å²) in [4.78, 5) is 14.5. The lowest BCUT2D eigenvalue weighted by Gasteiger charge is -2.24. The molecule has 2 aromatic carbocycles. The van der Waals surface area contributed by atoms with Crippen LogP contribution in [0.3, 0.4) is 0 Å². The first-order chi connectivity index (χ1) is 12.7. The fraction of sp³-hybridized carbons (Fsp3) is 0.364. The van der Waals surface area contributed by atoms with Crippen molar-refractivity contribution in [2.75, 3.05) is 13.1 Å². The van der Waals surface area contributed by atoms with Crippen LogP contribution in [0.1, 0.15) is 38.2 Å². The highest BCUT2D eigenvalue weighted by Gasteiger charge is 2.22. The third-order valence-electron chi connectivity index (χ3n) is 4.78. The topological polar surface area (TPSA) is 53.3 Å². The van der Waals surface area contributed by atoms with E-state index < -0.39 is 6.10 Å². The normalized spacial score (nSPS) is 15.6. The number of nitriles is 1. The summed E-state index contributed by atoms with van der Waals surface area (Å²) in [7, 11) is 0. The molecule has 1 amide bonds. The Morgan fingerprint density at radius 2 is 1.50 bits per heavy atom. The maximum atomic E-state index is 12.6. The molecule has 0 aromatic heterocycles. The fourth-order valence-corrected chi connectivity index (χ4v) is 3.27. The summed E-state index contributed by atoms with van der Waals surface area (Å²) < 4.78 is 5.86. The van der Waals surface area contributed by atoms with Gasteiger partial charge < -0.3 is 9.64 Å². The van der Waals surface area contributed by atoms with Gasteiger partial charge in [-0.1, -0.05) is 37.1 Å². The van der Waals surface area contributed by atoms with Crippen molar-refractivity contribution in [3.05, 3.63) is 54.1 Å². The van der Waals surface area contributed by atoms with Crippen molar-refractivity contribution in [3.8, 4) is 22.9 Å². The molecule has 0 N–H and O–H groups in total. The Bertz CT molecular complexity index is 767. The van der Waals surface area contributed by atoms with Gasteiger partial charge in [-0.25, -0.2) is 0 Å². The number of ether oxygens (including phenoxy) is 1. The summed E-state index contributed by atoms with van der Waals surface area (Å²) in [6.45, 7) is 3.50. The van der Waals surface area contributed by atoms with Crippen LogP contribution in [0.25, 0.3) is 11.1 Å². The highest BCUT2D eigenvalue weighted by molar-refractivity contribution is 5.81. The molecule has 1 saturated heterocycles. The van der Waals surface area contributed by atoms with E-state index in [1.165, 1.54) is 12.8 Å². The summed E-state index contributed by atoms with van der Waals surface area (Å²) in [5.41, 5.74) is 2.74. The number of hydrogen-bond acceptors (Lipinski definition) is 3. The zero-order chi connectivity index (χ0) is 18.4. The SMILES string of the molecule is C[C@H](Oc1ccc(-c2ccc(C#N)cc2)cc1)C(=O)N1CCCCCC1. The largest absolute Gasteiger partial charge is 0.481 e. The van der Waals surface area contributed by atoms with Gasteiger partial charge in [0.1, 0.15) is 5.75 Å². The average molecular weight is 348 g/mol. The van der Waals surface area contributed by atoms with Crippen molar-refractivity contribution < 1.29 is 9.53 Å². The Kier molecular flexibility index (Phi) is 5.91. The van der Waals surface area contributed by atoms with Gasteiger partial charge in [-0.15, -0.1) is 0 Å². The summed E-state index contributed by atoms with van der Waals surface area (Å²) in [5, 5.41) is 8.88. The van der Waals surface area contributed by atoms with Gasteiger partial charge in [0.2, 0.25) is 0 Å². The minimum Gasteiger partial charge on any atom is -0.481 e. The van der Waals surface area contributed by atoms with Crippen LogP contribution in [-0.2, 0) is 4.79 Å². The van der Waals surface area contributed by atoms with Crippen molar-refractivity contribution in [1.82, 2.24) is 4.90 Å². The predicted molar refractivity (Wildman–Crippen MR) is 102 cm³/mol. The van der Waals surface area contributed by atoms with Crippen molar-refractivity contribution in [2.24, 2.45) is 0 Å². The minimum atomic E-state index is -0.478. The molecular formula is C22H24N2O2. The number of likely N-dealkylation sites (tertiary alicyclic amines) is 1. The Labute approximate surface area is 155 Å². The number of nitrogens with zero attached hydrogens (tertiary/aromatic N) is 2. The molecule has 0 spiro atoms. The summed E-state index contributed by atoms with van der Waals surface area (Å²) >= 11 is 0. The smallest absolute Gasteiger partial charge is 0.263 e. The minimum absolute atomic E-state index is 0.0723. The molecule has 0 unspecified atom stereocenters. The second-order valence-corrected chi connectivity index (χ2v) is 6.71. The van der Waals surface area contributed by atoms with Crippen molar-refractivity contribution in [2.45, 2.75) is 38.7 Å². The van der Waals surface area contributed by atoms with E-state index in [0.29, 0.717) is 11.3 Å². The molecule has 0 bridgehead atoms. The van der Waals surface area contributed by atoms with Gasteiger partial charge in [0.25, 0.3) is 5.91 Å². The van der Waals surface area contributed by atoms with E-state index in [1.807, 2.05) is 60.4 Å². The zero-order valence-corrected chi connectivity index (χ0v) is 15.1. The number of carbonyl (C=O) groups excluding carboxylic acids is 1. The van der Waals surface area contributed by atoms with Crippen LogP contribution in [0.5, 0.6) is 5.75 Å². The van der Waals surface area contributed by atoms with Gasteiger partial charge in [-0.3, -0.25) is 4.79 Å². The Hall–Kier alpha value is -2.80. The van der Waals surface area contributed by atoms with Crippen LogP contribution < -0.4 is 4.74 Å².